The van der Waals surface area contributed by atoms with E-state index >= 15 is 0 Å². The van der Waals surface area contributed by atoms with E-state index < -0.39 is 0 Å². The Morgan fingerprint density at radius 3 is 1.62 bits per heavy atom. The summed E-state index contributed by atoms with van der Waals surface area (Å²) in [6.45, 7) is 0. The van der Waals surface area contributed by atoms with Gasteiger partial charge in [-0.2, -0.15) is 0 Å². The van der Waals surface area contributed by atoms with Crippen molar-refractivity contribution in [3.8, 4) is 33.4 Å². The van der Waals surface area contributed by atoms with Crippen molar-refractivity contribution >= 4 is 92.4 Å². The molecule has 0 N–H and O–H groups in total. The molecular formula is C54H33NO2S. The second kappa shape index (κ2) is 13.1. The van der Waals surface area contributed by atoms with Crippen LogP contribution in [0.4, 0.5) is 17.1 Å². The summed E-state index contributed by atoms with van der Waals surface area (Å²) in [4.78, 5) is 2.34. The summed E-state index contributed by atoms with van der Waals surface area (Å²) in [6.07, 6.45) is 0. The lowest BCUT2D eigenvalue weighted by atomic mass is 9.98. The maximum Gasteiger partial charge on any atom is 0.143 e. The molecule has 4 heteroatoms. The molecular weight excluding hydrogens is 727 g/mol. The maximum atomic E-state index is 6.42. The van der Waals surface area contributed by atoms with Gasteiger partial charge in [0.2, 0.25) is 0 Å². The fourth-order valence-corrected chi connectivity index (χ4v) is 9.99. The van der Waals surface area contributed by atoms with E-state index in [0.717, 1.165) is 77.6 Å². The molecule has 0 aliphatic heterocycles. The number of hydrogen-bond donors (Lipinski definition) is 0. The third kappa shape index (κ3) is 5.19. The topological polar surface area (TPSA) is 29.5 Å². The Morgan fingerprint density at radius 1 is 0.345 bits per heavy atom. The van der Waals surface area contributed by atoms with Crippen LogP contribution in [-0.4, -0.2) is 0 Å². The number of hydrogen-bond acceptors (Lipinski definition) is 4. The van der Waals surface area contributed by atoms with Crippen LogP contribution in [0.15, 0.2) is 209 Å². The minimum atomic E-state index is 0.861. The molecule has 0 fully saturated rings. The number of rotatable bonds is 6. The highest BCUT2D eigenvalue weighted by atomic mass is 32.1. The summed E-state index contributed by atoms with van der Waals surface area (Å²) in [5.74, 6) is 0. The minimum Gasteiger partial charge on any atom is -0.456 e. The zero-order valence-corrected chi connectivity index (χ0v) is 32.0. The van der Waals surface area contributed by atoms with Crippen LogP contribution < -0.4 is 4.90 Å². The third-order valence-corrected chi connectivity index (χ3v) is 12.7. The zero-order chi connectivity index (χ0) is 38.2. The smallest absolute Gasteiger partial charge is 0.143 e. The van der Waals surface area contributed by atoms with Crippen molar-refractivity contribution in [2.45, 2.75) is 0 Å². The van der Waals surface area contributed by atoms with Gasteiger partial charge in [-0.05, 0) is 82.4 Å². The molecule has 0 saturated carbocycles. The molecule has 12 rings (SSSR count). The Hall–Kier alpha value is -7.40. The lowest BCUT2D eigenvalue weighted by Gasteiger charge is -2.26. The highest BCUT2D eigenvalue weighted by Gasteiger charge is 2.20. The average Bonchev–Trinajstić information content (AvgIpc) is 3.99. The van der Waals surface area contributed by atoms with Gasteiger partial charge in [-0.25, -0.2) is 0 Å². The molecule has 3 aromatic heterocycles. The molecule has 0 atom stereocenters. The molecule has 58 heavy (non-hydrogen) atoms. The standard InChI is InChI=1S/C54H33NO2S/c1-4-18-48-42(10-1)44-15-7-13-40(53(44)57-48)36-28-32-39(33-29-36)55(47-17-9-20-50-52(47)46-12-2-5-19-49(46)56-50)38-30-26-35(27-31-38)34-22-24-37(25-23-34)41-14-8-16-45-43-11-3-6-21-51(43)58-54(41)45/h1-33H. The van der Waals surface area contributed by atoms with E-state index in [4.69, 9.17) is 8.83 Å². The molecule has 0 unspecified atom stereocenters. The molecule has 3 nitrogen and oxygen atoms in total. The van der Waals surface area contributed by atoms with E-state index in [1.807, 2.05) is 35.6 Å². The van der Waals surface area contributed by atoms with Crippen LogP contribution in [0.5, 0.6) is 0 Å². The van der Waals surface area contributed by atoms with Crippen molar-refractivity contribution < 1.29 is 8.83 Å². The van der Waals surface area contributed by atoms with Gasteiger partial charge in [-0.3, -0.25) is 0 Å². The SMILES string of the molecule is c1ccc2c(c1)oc1c(-c3ccc(N(c4ccc(-c5ccc(-c6cccc7c6sc6ccccc67)cc5)cc4)c4cccc5oc6ccccc6c45)cc3)cccc12. The molecule has 272 valence electrons. The van der Waals surface area contributed by atoms with E-state index in [2.05, 4.69) is 181 Å². The first-order chi connectivity index (χ1) is 28.7. The molecule has 0 aliphatic rings. The van der Waals surface area contributed by atoms with Gasteiger partial charge in [-0.15, -0.1) is 11.3 Å². The Morgan fingerprint density at radius 2 is 0.862 bits per heavy atom. The summed E-state index contributed by atoms with van der Waals surface area (Å²) in [7, 11) is 0. The minimum absolute atomic E-state index is 0.861. The number of anilines is 3. The summed E-state index contributed by atoms with van der Waals surface area (Å²) < 4.78 is 15.5. The van der Waals surface area contributed by atoms with Gasteiger partial charge in [0, 0.05) is 53.3 Å². The van der Waals surface area contributed by atoms with Crippen LogP contribution in [0.25, 0.3) is 97.4 Å². The monoisotopic (exact) mass is 759 g/mol. The second-order valence-electron chi connectivity index (χ2n) is 14.8. The lowest BCUT2D eigenvalue weighted by molar-refractivity contribution is 0.669. The summed E-state index contributed by atoms with van der Waals surface area (Å²) >= 11 is 1.87. The van der Waals surface area contributed by atoms with Gasteiger partial charge in [-0.1, -0.05) is 146 Å². The van der Waals surface area contributed by atoms with Crippen molar-refractivity contribution in [2.24, 2.45) is 0 Å². The van der Waals surface area contributed by atoms with Crippen LogP contribution in [0.2, 0.25) is 0 Å². The van der Waals surface area contributed by atoms with Crippen molar-refractivity contribution in [3.63, 3.8) is 0 Å². The number of furan rings is 2. The highest BCUT2D eigenvalue weighted by molar-refractivity contribution is 7.26. The molecule has 0 saturated heterocycles. The van der Waals surface area contributed by atoms with Gasteiger partial charge in [0.25, 0.3) is 0 Å². The van der Waals surface area contributed by atoms with E-state index in [9.17, 15) is 0 Å². The van der Waals surface area contributed by atoms with Gasteiger partial charge < -0.3 is 13.7 Å². The van der Waals surface area contributed by atoms with Crippen LogP contribution in [0.1, 0.15) is 0 Å². The van der Waals surface area contributed by atoms with Crippen molar-refractivity contribution in [1.82, 2.24) is 0 Å². The summed E-state index contributed by atoms with van der Waals surface area (Å²) in [5, 5.41) is 7.08. The summed E-state index contributed by atoms with van der Waals surface area (Å²) in [5.41, 5.74) is 13.7. The van der Waals surface area contributed by atoms with Crippen LogP contribution >= 0.6 is 11.3 Å². The second-order valence-corrected chi connectivity index (χ2v) is 15.9. The maximum absolute atomic E-state index is 6.42. The molecule has 12 aromatic rings. The van der Waals surface area contributed by atoms with Crippen molar-refractivity contribution in [3.05, 3.63) is 200 Å². The first kappa shape index (κ1) is 32.8. The van der Waals surface area contributed by atoms with E-state index in [1.54, 1.807) is 0 Å². The number of thiophene rings is 1. The van der Waals surface area contributed by atoms with Gasteiger partial charge in [0.05, 0.1) is 11.1 Å². The number of para-hydroxylation sites is 3. The lowest BCUT2D eigenvalue weighted by Crippen LogP contribution is -2.10. The summed E-state index contributed by atoms with van der Waals surface area (Å²) in [6, 6.07) is 71.4. The van der Waals surface area contributed by atoms with Crippen LogP contribution in [0, 0.1) is 0 Å². The Balaban J connectivity index is 0.937. The Bertz CT molecular complexity index is 3500. The molecule has 9 aromatic carbocycles. The first-order valence-electron chi connectivity index (χ1n) is 19.6. The van der Waals surface area contributed by atoms with Crippen LogP contribution in [-0.2, 0) is 0 Å². The van der Waals surface area contributed by atoms with E-state index in [-0.39, 0.29) is 0 Å². The van der Waals surface area contributed by atoms with Gasteiger partial charge in [0.15, 0.2) is 0 Å². The number of fused-ring (bicyclic) bond motifs is 9. The highest BCUT2D eigenvalue weighted by Crippen LogP contribution is 2.45. The van der Waals surface area contributed by atoms with E-state index in [1.165, 1.54) is 36.9 Å². The average molecular weight is 760 g/mol. The molecule has 3 heterocycles. The van der Waals surface area contributed by atoms with Crippen molar-refractivity contribution in [1.29, 1.82) is 0 Å². The predicted octanol–water partition coefficient (Wildman–Crippen LogP) is 16.3. The first-order valence-corrected chi connectivity index (χ1v) is 20.4. The quantitative estimate of drug-likeness (QED) is 0.169. The zero-order valence-electron chi connectivity index (χ0n) is 31.2. The number of nitrogens with zero attached hydrogens (tertiary/aromatic N) is 1. The molecule has 0 spiro atoms. The van der Waals surface area contributed by atoms with E-state index in [0.29, 0.717) is 0 Å². The molecule has 0 radical (unpaired) electrons. The van der Waals surface area contributed by atoms with Crippen LogP contribution in [0.3, 0.4) is 0 Å². The fourth-order valence-electron chi connectivity index (χ4n) is 8.75. The fraction of sp³-hybridized carbons (Fsp3) is 0. The Labute approximate surface area is 338 Å². The van der Waals surface area contributed by atoms with Gasteiger partial charge in [0.1, 0.15) is 22.3 Å². The molecule has 0 aliphatic carbocycles. The largest absolute Gasteiger partial charge is 0.456 e. The third-order valence-electron chi connectivity index (χ3n) is 11.5. The predicted molar refractivity (Wildman–Crippen MR) is 245 cm³/mol. The molecule has 0 amide bonds. The van der Waals surface area contributed by atoms with Gasteiger partial charge >= 0.3 is 0 Å². The normalized spacial score (nSPS) is 11.8. The Kier molecular flexibility index (Phi) is 7.40. The molecule has 0 bridgehead atoms. The number of benzene rings is 9. The van der Waals surface area contributed by atoms with Crippen molar-refractivity contribution in [2.75, 3.05) is 4.90 Å².